The molecular formula is C15H14N4O2S. The molecular weight excluding hydrogens is 300 g/mol. The third kappa shape index (κ3) is 2.93. The fourth-order valence-corrected chi connectivity index (χ4v) is 2.82. The number of fused-ring (bicyclic) bond motifs is 1. The Bertz CT molecular complexity index is 818. The van der Waals surface area contributed by atoms with Crippen LogP contribution in [0.4, 0.5) is 0 Å². The molecule has 0 bridgehead atoms. The third-order valence-electron chi connectivity index (χ3n) is 2.99. The molecule has 0 spiro atoms. The van der Waals surface area contributed by atoms with E-state index in [-0.39, 0.29) is 6.61 Å². The summed E-state index contributed by atoms with van der Waals surface area (Å²) in [6.07, 6.45) is 5.88. The molecule has 6 nitrogen and oxygen atoms in total. The van der Waals surface area contributed by atoms with Gasteiger partial charge in [-0.15, -0.1) is 16.6 Å². The van der Waals surface area contributed by atoms with Gasteiger partial charge in [0.1, 0.15) is 17.4 Å². The van der Waals surface area contributed by atoms with Crippen molar-refractivity contribution in [2.75, 3.05) is 20.3 Å². The Morgan fingerprint density at radius 2 is 2.27 bits per heavy atom. The van der Waals surface area contributed by atoms with Crippen LogP contribution in [0.3, 0.4) is 0 Å². The van der Waals surface area contributed by atoms with Gasteiger partial charge in [0, 0.05) is 19.1 Å². The monoisotopic (exact) mass is 314 g/mol. The first-order valence-corrected chi connectivity index (χ1v) is 7.50. The number of nitrogens with zero attached hydrogens (tertiary/aromatic N) is 4. The fourth-order valence-electron chi connectivity index (χ4n) is 1.97. The molecule has 0 aliphatic rings. The predicted octanol–water partition coefficient (Wildman–Crippen LogP) is 2.05. The zero-order valence-electron chi connectivity index (χ0n) is 12.0. The Morgan fingerprint density at radius 1 is 1.36 bits per heavy atom. The number of hydrogen-bond donors (Lipinski definition) is 0. The first kappa shape index (κ1) is 14.5. The molecule has 2 aromatic heterocycles. The van der Waals surface area contributed by atoms with Crippen molar-refractivity contribution in [2.24, 2.45) is 0 Å². The summed E-state index contributed by atoms with van der Waals surface area (Å²) in [5, 5.41) is 13.7. The standard InChI is InChI=1S/C15H14N4O2S/c1-3-8-21-12-6-4-5-11(10-12)14-18-19-13(7-9-20-2)16-17-15(19)22-14/h1,4-6,10H,7-9H2,2H3. The zero-order valence-corrected chi connectivity index (χ0v) is 12.8. The minimum Gasteiger partial charge on any atom is -0.481 e. The zero-order chi connectivity index (χ0) is 15.4. The number of rotatable bonds is 6. The minimum atomic E-state index is 0.246. The fraction of sp³-hybridized carbons (Fsp3) is 0.267. The molecule has 1 aromatic carbocycles. The van der Waals surface area contributed by atoms with Crippen LogP contribution >= 0.6 is 11.3 Å². The Kier molecular flexibility index (Phi) is 4.32. The van der Waals surface area contributed by atoms with E-state index in [2.05, 4.69) is 21.2 Å². The van der Waals surface area contributed by atoms with Gasteiger partial charge in [0.05, 0.1) is 6.61 Å². The van der Waals surface area contributed by atoms with Gasteiger partial charge in [0.15, 0.2) is 5.82 Å². The van der Waals surface area contributed by atoms with Gasteiger partial charge in [0.25, 0.3) is 0 Å². The van der Waals surface area contributed by atoms with E-state index >= 15 is 0 Å². The second-order valence-corrected chi connectivity index (χ2v) is 5.44. The van der Waals surface area contributed by atoms with Crippen molar-refractivity contribution in [3.63, 3.8) is 0 Å². The van der Waals surface area contributed by atoms with Crippen molar-refractivity contribution in [2.45, 2.75) is 6.42 Å². The molecule has 0 saturated heterocycles. The lowest BCUT2D eigenvalue weighted by atomic mass is 10.2. The van der Waals surface area contributed by atoms with Crippen LogP contribution in [0, 0.1) is 12.3 Å². The maximum atomic E-state index is 5.44. The van der Waals surface area contributed by atoms with Crippen LogP contribution in [-0.2, 0) is 11.2 Å². The summed E-state index contributed by atoms with van der Waals surface area (Å²) in [6, 6.07) is 7.67. The SMILES string of the molecule is C#CCOc1cccc(-c2nn3c(CCOC)nnc3s2)c1. The molecule has 0 aliphatic carbocycles. The maximum absolute atomic E-state index is 5.44. The summed E-state index contributed by atoms with van der Waals surface area (Å²) >= 11 is 1.48. The first-order chi connectivity index (χ1) is 10.8. The topological polar surface area (TPSA) is 61.5 Å². The van der Waals surface area contributed by atoms with Gasteiger partial charge in [0.2, 0.25) is 4.96 Å². The molecule has 112 valence electrons. The van der Waals surface area contributed by atoms with Gasteiger partial charge >= 0.3 is 0 Å². The van der Waals surface area contributed by atoms with Crippen LogP contribution in [0.5, 0.6) is 5.75 Å². The summed E-state index contributed by atoms with van der Waals surface area (Å²) in [5.74, 6) is 3.96. The van der Waals surface area contributed by atoms with E-state index in [0.29, 0.717) is 13.0 Å². The Balaban J connectivity index is 1.90. The molecule has 22 heavy (non-hydrogen) atoms. The lowest BCUT2D eigenvalue weighted by Crippen LogP contribution is -2.01. The average molecular weight is 314 g/mol. The molecule has 0 radical (unpaired) electrons. The smallest absolute Gasteiger partial charge is 0.234 e. The van der Waals surface area contributed by atoms with Gasteiger partial charge < -0.3 is 9.47 Å². The lowest BCUT2D eigenvalue weighted by Gasteiger charge is -2.03. The van der Waals surface area contributed by atoms with E-state index in [9.17, 15) is 0 Å². The molecule has 0 atom stereocenters. The second-order valence-electron chi connectivity index (χ2n) is 4.48. The highest BCUT2D eigenvalue weighted by molar-refractivity contribution is 7.19. The van der Waals surface area contributed by atoms with Gasteiger partial charge in [-0.25, -0.2) is 0 Å². The highest BCUT2D eigenvalue weighted by Crippen LogP contribution is 2.28. The van der Waals surface area contributed by atoms with Crippen molar-refractivity contribution < 1.29 is 9.47 Å². The molecule has 2 heterocycles. The molecule has 0 unspecified atom stereocenters. The molecule has 0 aliphatic heterocycles. The molecule has 3 rings (SSSR count). The second kappa shape index (κ2) is 6.56. The van der Waals surface area contributed by atoms with Gasteiger partial charge in [-0.2, -0.15) is 9.61 Å². The summed E-state index contributed by atoms with van der Waals surface area (Å²) in [7, 11) is 1.66. The quantitative estimate of drug-likeness (QED) is 0.652. The number of ether oxygens (including phenoxy) is 2. The summed E-state index contributed by atoms with van der Waals surface area (Å²) in [5.41, 5.74) is 0.961. The molecule has 3 aromatic rings. The van der Waals surface area contributed by atoms with Gasteiger partial charge in [-0.1, -0.05) is 29.4 Å². The normalized spacial score (nSPS) is 10.7. The van der Waals surface area contributed by atoms with Crippen molar-refractivity contribution >= 4 is 16.3 Å². The third-order valence-corrected chi connectivity index (χ3v) is 3.94. The van der Waals surface area contributed by atoms with E-state index < -0.39 is 0 Å². The highest BCUT2D eigenvalue weighted by atomic mass is 32.1. The number of hydrogen-bond acceptors (Lipinski definition) is 6. The Hall–Kier alpha value is -2.43. The van der Waals surface area contributed by atoms with E-state index in [1.807, 2.05) is 24.3 Å². The first-order valence-electron chi connectivity index (χ1n) is 6.68. The number of methoxy groups -OCH3 is 1. The van der Waals surface area contributed by atoms with Crippen LogP contribution < -0.4 is 4.74 Å². The maximum Gasteiger partial charge on any atom is 0.234 e. The van der Waals surface area contributed by atoms with E-state index in [0.717, 1.165) is 27.1 Å². The molecule has 0 fully saturated rings. The van der Waals surface area contributed by atoms with Crippen molar-refractivity contribution in [3.05, 3.63) is 30.1 Å². The molecule has 0 amide bonds. The Morgan fingerprint density at radius 3 is 3.09 bits per heavy atom. The predicted molar refractivity (Wildman–Crippen MR) is 84.0 cm³/mol. The van der Waals surface area contributed by atoms with Crippen LogP contribution in [0.15, 0.2) is 24.3 Å². The number of benzene rings is 1. The molecule has 0 N–H and O–H groups in total. The highest BCUT2D eigenvalue weighted by Gasteiger charge is 2.13. The Labute approximate surface area is 131 Å². The average Bonchev–Trinajstić information content (AvgIpc) is 3.12. The van der Waals surface area contributed by atoms with Crippen molar-refractivity contribution in [3.8, 4) is 28.7 Å². The van der Waals surface area contributed by atoms with Crippen LogP contribution in [0.2, 0.25) is 0 Å². The number of terminal acetylenes is 1. The molecule has 0 saturated carbocycles. The largest absolute Gasteiger partial charge is 0.481 e. The van der Waals surface area contributed by atoms with Crippen molar-refractivity contribution in [1.82, 2.24) is 19.8 Å². The summed E-state index contributed by atoms with van der Waals surface area (Å²) in [6.45, 7) is 0.832. The summed E-state index contributed by atoms with van der Waals surface area (Å²) < 4.78 is 12.3. The molecule has 7 heteroatoms. The van der Waals surface area contributed by atoms with Crippen LogP contribution in [-0.4, -0.2) is 40.1 Å². The van der Waals surface area contributed by atoms with Gasteiger partial charge in [-0.05, 0) is 12.1 Å². The van der Waals surface area contributed by atoms with Crippen LogP contribution in [0.1, 0.15) is 5.82 Å². The van der Waals surface area contributed by atoms with Crippen molar-refractivity contribution in [1.29, 1.82) is 0 Å². The van der Waals surface area contributed by atoms with Gasteiger partial charge in [-0.3, -0.25) is 0 Å². The van der Waals surface area contributed by atoms with Crippen LogP contribution in [0.25, 0.3) is 15.5 Å². The lowest BCUT2D eigenvalue weighted by molar-refractivity contribution is 0.200. The van der Waals surface area contributed by atoms with E-state index in [4.69, 9.17) is 15.9 Å². The summed E-state index contributed by atoms with van der Waals surface area (Å²) in [4.78, 5) is 0.760. The number of aromatic nitrogens is 4. The minimum absolute atomic E-state index is 0.246. The van der Waals surface area contributed by atoms with E-state index in [1.165, 1.54) is 11.3 Å². The van der Waals surface area contributed by atoms with E-state index in [1.54, 1.807) is 11.6 Å².